The van der Waals surface area contributed by atoms with Gasteiger partial charge in [-0.2, -0.15) is 0 Å². The van der Waals surface area contributed by atoms with Gasteiger partial charge < -0.3 is 10.4 Å². The number of rotatable bonds is 5. The average molecular weight is 397 g/mol. The zero-order chi connectivity index (χ0) is 13.7. The van der Waals surface area contributed by atoms with Crippen molar-refractivity contribution in [2.75, 3.05) is 5.75 Å². The lowest BCUT2D eigenvalue weighted by molar-refractivity contribution is -0.140. The highest BCUT2D eigenvalue weighted by Crippen LogP contribution is 2.33. The Morgan fingerprint density at radius 2 is 2.11 bits per heavy atom. The standard InChI is InChI=1S/C11H11Br2NO3S/c1-6(15)14-8(11(16)17)5-18-9-4-2-3-7(12)10(9)13/h2-4,8H,5H2,1H3,(H,14,15)(H,16,17)/t8-/m0/s1. The first-order valence-corrected chi connectivity index (χ1v) is 7.55. The molecular formula is C11H11Br2NO3S. The molecule has 7 heteroatoms. The number of halogens is 2. The first-order chi connectivity index (χ1) is 8.41. The van der Waals surface area contributed by atoms with Crippen LogP contribution >= 0.6 is 43.6 Å². The molecule has 1 aromatic rings. The molecule has 0 fully saturated rings. The van der Waals surface area contributed by atoms with Crippen LogP contribution in [-0.4, -0.2) is 28.8 Å². The number of carboxylic acids is 1. The lowest BCUT2D eigenvalue weighted by Crippen LogP contribution is -2.41. The number of carboxylic acid groups (broad SMARTS) is 1. The van der Waals surface area contributed by atoms with E-state index in [4.69, 9.17) is 5.11 Å². The first kappa shape index (κ1) is 15.5. The van der Waals surface area contributed by atoms with E-state index < -0.39 is 12.0 Å². The van der Waals surface area contributed by atoms with Crippen LogP contribution in [0.5, 0.6) is 0 Å². The minimum absolute atomic E-state index is 0.268. The van der Waals surface area contributed by atoms with Crippen LogP contribution in [0.2, 0.25) is 0 Å². The van der Waals surface area contributed by atoms with Crippen LogP contribution in [0.15, 0.2) is 32.0 Å². The molecule has 0 bridgehead atoms. The van der Waals surface area contributed by atoms with E-state index in [1.807, 2.05) is 18.2 Å². The number of hydrogen-bond acceptors (Lipinski definition) is 3. The number of thioether (sulfide) groups is 1. The zero-order valence-electron chi connectivity index (χ0n) is 9.44. The third-order valence-corrected chi connectivity index (χ3v) is 5.46. The SMILES string of the molecule is CC(=O)N[C@@H](CSc1cccc(Br)c1Br)C(=O)O. The van der Waals surface area contributed by atoms with E-state index in [0.717, 1.165) is 13.8 Å². The summed E-state index contributed by atoms with van der Waals surface area (Å²) in [6.45, 7) is 1.30. The van der Waals surface area contributed by atoms with E-state index in [9.17, 15) is 9.59 Å². The third-order valence-electron chi connectivity index (χ3n) is 2.00. The van der Waals surface area contributed by atoms with Gasteiger partial charge in [-0.05, 0) is 44.0 Å². The summed E-state index contributed by atoms with van der Waals surface area (Å²) >= 11 is 8.16. The van der Waals surface area contributed by atoms with Crippen molar-refractivity contribution in [3.05, 3.63) is 27.1 Å². The van der Waals surface area contributed by atoms with Crippen molar-refractivity contribution >= 4 is 55.5 Å². The second kappa shape index (κ2) is 7.16. The Bertz CT molecular complexity index is 468. The van der Waals surface area contributed by atoms with Crippen molar-refractivity contribution in [1.82, 2.24) is 5.32 Å². The number of hydrogen-bond donors (Lipinski definition) is 2. The number of nitrogens with one attached hydrogen (secondary N) is 1. The van der Waals surface area contributed by atoms with Crippen molar-refractivity contribution in [2.45, 2.75) is 17.9 Å². The molecule has 0 radical (unpaired) electrons. The maximum Gasteiger partial charge on any atom is 0.327 e. The fourth-order valence-electron chi connectivity index (χ4n) is 1.19. The van der Waals surface area contributed by atoms with Crippen molar-refractivity contribution in [3.8, 4) is 0 Å². The Kier molecular flexibility index (Phi) is 6.17. The van der Waals surface area contributed by atoms with Gasteiger partial charge >= 0.3 is 5.97 Å². The highest BCUT2D eigenvalue weighted by molar-refractivity contribution is 9.13. The summed E-state index contributed by atoms with van der Waals surface area (Å²) in [5.41, 5.74) is 0. The van der Waals surface area contributed by atoms with Crippen molar-refractivity contribution in [3.63, 3.8) is 0 Å². The molecule has 0 aliphatic carbocycles. The fourth-order valence-corrected chi connectivity index (χ4v) is 3.28. The third kappa shape index (κ3) is 4.62. The van der Waals surface area contributed by atoms with Gasteiger partial charge in [0.25, 0.3) is 0 Å². The van der Waals surface area contributed by atoms with E-state index in [1.165, 1.54) is 18.7 Å². The van der Waals surface area contributed by atoms with E-state index in [1.54, 1.807) is 0 Å². The van der Waals surface area contributed by atoms with Crippen LogP contribution in [-0.2, 0) is 9.59 Å². The Morgan fingerprint density at radius 1 is 1.44 bits per heavy atom. The van der Waals surface area contributed by atoms with Gasteiger partial charge in [0.2, 0.25) is 5.91 Å². The number of carbonyl (C=O) groups is 2. The summed E-state index contributed by atoms with van der Waals surface area (Å²) in [5.74, 6) is -1.12. The molecule has 0 unspecified atom stereocenters. The van der Waals surface area contributed by atoms with Crippen molar-refractivity contribution in [2.24, 2.45) is 0 Å². The minimum Gasteiger partial charge on any atom is -0.480 e. The van der Waals surface area contributed by atoms with Gasteiger partial charge in [-0.1, -0.05) is 6.07 Å². The number of benzene rings is 1. The zero-order valence-corrected chi connectivity index (χ0v) is 13.4. The van der Waals surface area contributed by atoms with Crippen LogP contribution in [0.25, 0.3) is 0 Å². The summed E-state index contributed by atoms with van der Waals surface area (Å²) in [6, 6.07) is 4.74. The lowest BCUT2D eigenvalue weighted by atomic mass is 10.3. The van der Waals surface area contributed by atoms with Gasteiger partial charge in [-0.25, -0.2) is 4.79 Å². The predicted molar refractivity (Wildman–Crippen MR) is 77.8 cm³/mol. The highest BCUT2D eigenvalue weighted by atomic mass is 79.9. The number of carbonyl (C=O) groups excluding carboxylic acids is 1. The minimum atomic E-state index is -1.04. The van der Waals surface area contributed by atoms with Crippen LogP contribution in [0, 0.1) is 0 Å². The summed E-state index contributed by atoms with van der Waals surface area (Å²) in [6.07, 6.45) is 0. The van der Waals surface area contributed by atoms with Crippen molar-refractivity contribution in [1.29, 1.82) is 0 Å². The van der Waals surface area contributed by atoms with Crippen LogP contribution in [0.1, 0.15) is 6.92 Å². The molecule has 0 saturated carbocycles. The second-order valence-electron chi connectivity index (χ2n) is 3.45. The Morgan fingerprint density at radius 3 is 2.67 bits per heavy atom. The topological polar surface area (TPSA) is 66.4 Å². The normalized spacial score (nSPS) is 11.9. The maximum atomic E-state index is 11.0. The summed E-state index contributed by atoms with van der Waals surface area (Å²) < 4.78 is 1.78. The van der Waals surface area contributed by atoms with Gasteiger partial charge in [0.1, 0.15) is 6.04 Å². The molecule has 0 aliphatic rings. The average Bonchev–Trinajstić information content (AvgIpc) is 2.28. The van der Waals surface area contributed by atoms with E-state index in [2.05, 4.69) is 37.2 Å². The Balaban J connectivity index is 2.70. The second-order valence-corrected chi connectivity index (χ2v) is 6.16. The van der Waals surface area contributed by atoms with Crippen LogP contribution in [0.4, 0.5) is 0 Å². The molecule has 1 rings (SSSR count). The van der Waals surface area contributed by atoms with Gasteiger partial charge in [0, 0.05) is 26.5 Å². The largest absolute Gasteiger partial charge is 0.480 e. The molecule has 0 aliphatic heterocycles. The van der Waals surface area contributed by atoms with E-state index in [-0.39, 0.29) is 11.7 Å². The molecule has 98 valence electrons. The molecule has 18 heavy (non-hydrogen) atoms. The maximum absolute atomic E-state index is 11.0. The summed E-state index contributed by atoms with van der Waals surface area (Å²) in [7, 11) is 0. The molecule has 1 aromatic carbocycles. The Hall–Kier alpha value is -0.530. The van der Waals surface area contributed by atoms with E-state index in [0.29, 0.717) is 0 Å². The molecule has 0 heterocycles. The predicted octanol–water partition coefficient (Wildman–Crippen LogP) is 2.89. The molecule has 0 saturated heterocycles. The van der Waals surface area contributed by atoms with Gasteiger partial charge in [-0.3, -0.25) is 4.79 Å². The first-order valence-electron chi connectivity index (χ1n) is 4.98. The highest BCUT2D eigenvalue weighted by Gasteiger charge is 2.19. The molecule has 1 atom stereocenters. The summed E-state index contributed by atoms with van der Waals surface area (Å²) in [5, 5.41) is 11.4. The number of amides is 1. The monoisotopic (exact) mass is 395 g/mol. The molecular weight excluding hydrogens is 386 g/mol. The quantitative estimate of drug-likeness (QED) is 0.751. The fraction of sp³-hybridized carbons (Fsp3) is 0.273. The smallest absolute Gasteiger partial charge is 0.327 e. The molecule has 1 amide bonds. The van der Waals surface area contributed by atoms with Gasteiger partial charge in [-0.15, -0.1) is 11.8 Å². The number of aliphatic carboxylic acids is 1. The van der Waals surface area contributed by atoms with Gasteiger partial charge in [0.15, 0.2) is 0 Å². The lowest BCUT2D eigenvalue weighted by Gasteiger charge is -2.13. The molecule has 0 spiro atoms. The van der Waals surface area contributed by atoms with E-state index >= 15 is 0 Å². The van der Waals surface area contributed by atoms with Gasteiger partial charge in [0.05, 0.1) is 0 Å². The van der Waals surface area contributed by atoms with Crippen LogP contribution < -0.4 is 5.32 Å². The molecule has 2 N–H and O–H groups in total. The van der Waals surface area contributed by atoms with Crippen LogP contribution in [0.3, 0.4) is 0 Å². The summed E-state index contributed by atoms with van der Waals surface area (Å²) in [4.78, 5) is 22.8. The van der Waals surface area contributed by atoms with Crippen molar-refractivity contribution < 1.29 is 14.7 Å². The molecule has 0 aromatic heterocycles. The molecule has 4 nitrogen and oxygen atoms in total. The Labute approximate surface area is 126 Å².